The molecule has 0 atom stereocenters. The van der Waals surface area contributed by atoms with Gasteiger partial charge >= 0.3 is 0 Å². The van der Waals surface area contributed by atoms with Crippen LogP contribution in [0.25, 0.3) is 33.8 Å². The highest BCUT2D eigenvalue weighted by Gasteiger charge is 2.34. The van der Waals surface area contributed by atoms with Crippen molar-refractivity contribution >= 4 is 39.6 Å². The summed E-state index contributed by atoms with van der Waals surface area (Å²) in [5, 5.41) is 1.88. The normalized spacial score (nSPS) is 13.5. The van der Waals surface area contributed by atoms with E-state index in [4.69, 9.17) is 9.40 Å². The zero-order valence-corrected chi connectivity index (χ0v) is 18.2. The molecule has 160 valence electrons. The third kappa shape index (κ3) is 2.97. The minimum absolute atomic E-state index is 0.144. The molecule has 1 aliphatic rings. The van der Waals surface area contributed by atoms with E-state index in [1.165, 1.54) is 0 Å². The van der Waals surface area contributed by atoms with Gasteiger partial charge in [0.05, 0.1) is 11.3 Å². The van der Waals surface area contributed by atoms with Gasteiger partial charge in [-0.15, -0.1) is 0 Å². The molecular weight excluding hydrogens is 412 g/mol. The number of Topliss-reactive ketones (excluding diaryl/α,β-unsaturated/α-hetero) is 2. The molecular formula is C28H20N2O3. The van der Waals surface area contributed by atoms with Crippen molar-refractivity contribution in [2.45, 2.75) is 19.8 Å². The van der Waals surface area contributed by atoms with E-state index < -0.39 is 0 Å². The zero-order chi connectivity index (χ0) is 22.7. The minimum Gasteiger partial charge on any atom is -0.439 e. The van der Waals surface area contributed by atoms with Crippen molar-refractivity contribution in [2.24, 2.45) is 0 Å². The third-order valence-electron chi connectivity index (χ3n) is 6.06. The molecule has 5 heteroatoms. The molecule has 5 nitrogen and oxygen atoms in total. The Morgan fingerprint density at radius 1 is 0.848 bits per heavy atom. The van der Waals surface area contributed by atoms with Crippen molar-refractivity contribution in [3.63, 3.8) is 0 Å². The first-order valence-electron chi connectivity index (χ1n) is 10.9. The predicted molar refractivity (Wildman–Crippen MR) is 128 cm³/mol. The highest BCUT2D eigenvalue weighted by molar-refractivity contribution is 6.42. The Kier molecular flexibility index (Phi) is 4.20. The summed E-state index contributed by atoms with van der Waals surface area (Å²) < 4.78 is 7.90. The second-order valence-electron chi connectivity index (χ2n) is 8.60. The fourth-order valence-electron chi connectivity index (χ4n) is 4.41. The Balaban J connectivity index is 1.54. The molecule has 0 unspecified atom stereocenters. The van der Waals surface area contributed by atoms with Crippen molar-refractivity contribution < 1.29 is 14.0 Å². The number of aromatic nitrogens is 2. The van der Waals surface area contributed by atoms with Crippen LogP contribution in [0.1, 0.15) is 52.1 Å². The van der Waals surface area contributed by atoms with Crippen LogP contribution < -0.4 is 0 Å². The fourth-order valence-corrected chi connectivity index (χ4v) is 4.41. The summed E-state index contributed by atoms with van der Waals surface area (Å²) in [7, 11) is 0. The molecule has 0 radical (unpaired) electrons. The molecule has 6 rings (SSSR count). The molecule has 33 heavy (non-hydrogen) atoms. The van der Waals surface area contributed by atoms with Crippen LogP contribution in [0.4, 0.5) is 0 Å². The Bertz CT molecular complexity index is 1560. The lowest BCUT2D eigenvalue weighted by Gasteiger charge is -2.07. The van der Waals surface area contributed by atoms with Crippen molar-refractivity contribution in [2.75, 3.05) is 0 Å². The lowest BCUT2D eigenvalue weighted by Crippen LogP contribution is -2.03. The summed E-state index contributed by atoms with van der Waals surface area (Å²) in [4.78, 5) is 31.2. The summed E-state index contributed by atoms with van der Waals surface area (Å²) in [6.07, 6.45) is 1.66. The molecule has 0 amide bonds. The summed E-state index contributed by atoms with van der Waals surface area (Å²) in [5.41, 5.74) is 3.89. The lowest BCUT2D eigenvalue weighted by molar-refractivity contribution is 0.0990. The van der Waals surface area contributed by atoms with E-state index in [1.807, 2.05) is 91.2 Å². The number of benzene rings is 3. The van der Waals surface area contributed by atoms with Crippen LogP contribution in [0.5, 0.6) is 0 Å². The van der Waals surface area contributed by atoms with Crippen molar-refractivity contribution in [1.82, 2.24) is 9.55 Å². The van der Waals surface area contributed by atoms with Crippen LogP contribution in [-0.2, 0) is 0 Å². The molecule has 3 aromatic carbocycles. The Hall–Kier alpha value is -4.25. The van der Waals surface area contributed by atoms with Gasteiger partial charge in [-0.1, -0.05) is 56.3 Å². The average molecular weight is 432 g/mol. The molecule has 2 aromatic heterocycles. The topological polar surface area (TPSA) is 65.1 Å². The highest BCUT2D eigenvalue weighted by Crippen LogP contribution is 2.34. The smallest absolute Gasteiger partial charge is 0.199 e. The molecule has 0 saturated heterocycles. The molecule has 1 aliphatic carbocycles. The monoisotopic (exact) mass is 432 g/mol. The van der Waals surface area contributed by atoms with Gasteiger partial charge in [0.15, 0.2) is 28.7 Å². The Labute approximate surface area is 190 Å². The molecule has 0 bridgehead atoms. The largest absolute Gasteiger partial charge is 0.439 e. The number of carbonyl (C=O) groups excluding carboxylic acids is 2. The van der Waals surface area contributed by atoms with E-state index in [1.54, 1.807) is 6.08 Å². The lowest BCUT2D eigenvalue weighted by atomic mass is 10.0. The maximum absolute atomic E-state index is 13.3. The number of nitrogens with zero attached hydrogens (tertiary/aromatic N) is 2. The van der Waals surface area contributed by atoms with Crippen LogP contribution in [0.3, 0.4) is 0 Å². The Morgan fingerprint density at radius 3 is 2.06 bits per heavy atom. The maximum Gasteiger partial charge on any atom is 0.199 e. The second-order valence-corrected chi connectivity index (χ2v) is 8.60. The number of hydrogen-bond donors (Lipinski definition) is 0. The van der Waals surface area contributed by atoms with Gasteiger partial charge in [-0.3, -0.25) is 14.2 Å². The van der Waals surface area contributed by atoms with Gasteiger partial charge in [0.1, 0.15) is 0 Å². The van der Waals surface area contributed by atoms with Crippen molar-refractivity contribution in [3.05, 3.63) is 101 Å². The van der Waals surface area contributed by atoms with Crippen LogP contribution in [-0.4, -0.2) is 21.1 Å². The number of hydrogen-bond acceptors (Lipinski definition) is 4. The van der Waals surface area contributed by atoms with Crippen LogP contribution in [0.2, 0.25) is 0 Å². The molecule has 0 spiro atoms. The number of rotatable bonds is 3. The molecule has 2 heterocycles. The van der Waals surface area contributed by atoms with Crippen molar-refractivity contribution in [3.8, 4) is 5.69 Å². The highest BCUT2D eigenvalue weighted by atomic mass is 16.3. The van der Waals surface area contributed by atoms with E-state index in [0.29, 0.717) is 33.9 Å². The quantitative estimate of drug-likeness (QED) is 0.246. The maximum atomic E-state index is 13.3. The van der Waals surface area contributed by atoms with Crippen LogP contribution >= 0.6 is 0 Å². The van der Waals surface area contributed by atoms with Gasteiger partial charge < -0.3 is 4.42 Å². The number of oxazole rings is 1. The standard InChI is InChI=1S/C28H20N2O3/c1-16(2)28-29-27-24(33-28)15-20(30(27)19-10-4-3-5-11-19)14-23-25(31)21-12-17-8-6-7-9-18(17)13-22(21)26(23)32/h3-16H,1-2H3. The van der Waals surface area contributed by atoms with Gasteiger partial charge in [0.25, 0.3) is 0 Å². The van der Waals surface area contributed by atoms with E-state index in [0.717, 1.165) is 16.5 Å². The van der Waals surface area contributed by atoms with Crippen LogP contribution in [0, 0.1) is 0 Å². The van der Waals surface area contributed by atoms with E-state index in [-0.39, 0.29) is 23.1 Å². The number of carbonyl (C=O) groups is 2. The van der Waals surface area contributed by atoms with Gasteiger partial charge in [-0.2, -0.15) is 4.98 Å². The van der Waals surface area contributed by atoms with Crippen LogP contribution in [0.15, 0.2) is 82.8 Å². The van der Waals surface area contributed by atoms with Gasteiger partial charge in [-0.25, -0.2) is 0 Å². The van der Waals surface area contributed by atoms with Gasteiger partial charge in [0.2, 0.25) is 0 Å². The first kappa shape index (κ1) is 19.4. The van der Waals surface area contributed by atoms with Gasteiger partial charge in [0, 0.05) is 28.8 Å². The molecule has 0 N–H and O–H groups in total. The molecule has 5 aromatic rings. The summed E-state index contributed by atoms with van der Waals surface area (Å²) >= 11 is 0. The minimum atomic E-state index is -0.256. The summed E-state index contributed by atoms with van der Waals surface area (Å²) in [6.45, 7) is 4.05. The molecule has 0 fully saturated rings. The Morgan fingerprint density at radius 2 is 1.45 bits per heavy atom. The van der Waals surface area contributed by atoms with E-state index >= 15 is 0 Å². The predicted octanol–water partition coefficient (Wildman–Crippen LogP) is 6.36. The number of para-hydroxylation sites is 1. The number of ketones is 2. The fraction of sp³-hybridized carbons (Fsp3) is 0.107. The summed E-state index contributed by atoms with van der Waals surface area (Å²) in [5.74, 6) is 0.282. The number of fused-ring (bicyclic) bond motifs is 3. The molecule has 0 saturated carbocycles. The van der Waals surface area contributed by atoms with E-state index in [9.17, 15) is 9.59 Å². The van der Waals surface area contributed by atoms with Crippen molar-refractivity contribution in [1.29, 1.82) is 0 Å². The number of allylic oxidation sites excluding steroid dienone is 1. The SMILES string of the molecule is CC(C)c1nc2c(cc(C=C3C(=O)c4cc5ccccc5cc4C3=O)n2-c2ccccc2)o1. The first-order chi connectivity index (χ1) is 16.0. The van der Waals surface area contributed by atoms with Gasteiger partial charge in [-0.05, 0) is 41.1 Å². The van der Waals surface area contributed by atoms with E-state index in [2.05, 4.69) is 0 Å². The average Bonchev–Trinajstić information content (AvgIpc) is 3.45. The summed E-state index contributed by atoms with van der Waals surface area (Å²) in [6, 6.07) is 22.9. The second kappa shape index (κ2) is 7.14. The molecule has 0 aliphatic heterocycles. The third-order valence-corrected chi connectivity index (χ3v) is 6.06. The first-order valence-corrected chi connectivity index (χ1v) is 10.9. The zero-order valence-electron chi connectivity index (χ0n) is 18.2.